The average molecular weight is 454 g/mol. The van der Waals surface area contributed by atoms with Crippen molar-refractivity contribution in [3.05, 3.63) is 48.0 Å². The van der Waals surface area contributed by atoms with Gasteiger partial charge in [0.25, 0.3) is 0 Å². The molecule has 2 N–H and O–H groups in total. The second-order valence-electron chi connectivity index (χ2n) is 7.64. The Kier molecular flexibility index (Phi) is 4.77. The molecule has 168 valence electrons. The number of nitriles is 1. The lowest BCUT2D eigenvalue weighted by Crippen LogP contribution is -2.51. The third kappa shape index (κ3) is 3.75. The van der Waals surface area contributed by atoms with Gasteiger partial charge in [0.1, 0.15) is 0 Å². The van der Waals surface area contributed by atoms with Crippen LogP contribution in [0.3, 0.4) is 0 Å². The van der Waals surface area contributed by atoms with Gasteiger partial charge in [-0.2, -0.15) is 10.4 Å². The number of nitrogens with zero attached hydrogens (tertiary/aromatic N) is 6. The predicted molar refractivity (Wildman–Crippen MR) is 108 cm³/mol. The van der Waals surface area contributed by atoms with Crippen LogP contribution in [0.25, 0.3) is 5.65 Å². The number of carbonyl (C=O) groups excluding carboxylic acids is 2. The number of anilines is 1. The zero-order valence-electron chi connectivity index (χ0n) is 16.9. The van der Waals surface area contributed by atoms with Gasteiger partial charge in [-0.25, -0.2) is 28.1 Å². The number of hydrogen-bond donors (Lipinski definition) is 2. The van der Waals surface area contributed by atoms with E-state index >= 15 is 0 Å². The van der Waals surface area contributed by atoms with Crippen LogP contribution >= 0.6 is 0 Å². The van der Waals surface area contributed by atoms with Gasteiger partial charge in [0.15, 0.2) is 11.8 Å². The van der Waals surface area contributed by atoms with Crippen LogP contribution in [0.1, 0.15) is 17.2 Å². The number of carbonyl (C=O) groups is 2. The van der Waals surface area contributed by atoms with Gasteiger partial charge in [-0.1, -0.05) is 0 Å². The molecule has 2 fully saturated rings. The summed E-state index contributed by atoms with van der Waals surface area (Å²) in [6, 6.07) is 5.58. The van der Waals surface area contributed by atoms with E-state index in [1.54, 1.807) is 6.20 Å². The SMILES string of the molecule is N#Cc1ccnc(O[C@H]2CN(c3cc(C4CNC(=O)NC4=O)nn4ccnc34)CC2(F)F)c1. The van der Waals surface area contributed by atoms with E-state index in [0.717, 1.165) is 0 Å². The number of amides is 3. The summed E-state index contributed by atoms with van der Waals surface area (Å²) < 4.78 is 36.6. The fraction of sp³-hybridized carbons (Fsp3) is 0.300. The quantitative estimate of drug-likeness (QED) is 0.591. The zero-order valence-corrected chi connectivity index (χ0v) is 16.9. The van der Waals surface area contributed by atoms with Crippen molar-refractivity contribution < 1.29 is 23.1 Å². The van der Waals surface area contributed by atoms with E-state index < -0.39 is 36.4 Å². The van der Waals surface area contributed by atoms with Crippen LogP contribution in [0.4, 0.5) is 19.3 Å². The molecule has 33 heavy (non-hydrogen) atoms. The van der Waals surface area contributed by atoms with E-state index in [9.17, 15) is 18.4 Å². The van der Waals surface area contributed by atoms with Gasteiger partial charge < -0.3 is 15.0 Å². The molecule has 11 nitrogen and oxygen atoms in total. The highest BCUT2D eigenvalue weighted by atomic mass is 19.3. The predicted octanol–water partition coefficient (Wildman–Crippen LogP) is 0.822. The van der Waals surface area contributed by atoms with Gasteiger partial charge in [0, 0.05) is 31.2 Å². The Hall–Kier alpha value is -4.34. The minimum atomic E-state index is -3.23. The Balaban J connectivity index is 1.46. The van der Waals surface area contributed by atoms with Crippen molar-refractivity contribution in [2.45, 2.75) is 17.9 Å². The Bertz CT molecular complexity index is 1300. The third-order valence-corrected chi connectivity index (χ3v) is 5.46. The number of pyridine rings is 1. The lowest BCUT2D eigenvalue weighted by molar-refractivity contribution is -0.122. The normalized spacial score (nSPS) is 22.0. The molecule has 2 saturated heterocycles. The summed E-state index contributed by atoms with van der Waals surface area (Å²) in [5, 5.41) is 18.1. The molecule has 2 aliphatic rings. The molecule has 0 aliphatic carbocycles. The molecule has 2 aliphatic heterocycles. The molecule has 3 amide bonds. The van der Waals surface area contributed by atoms with Crippen LogP contribution in [-0.4, -0.2) is 63.2 Å². The Morgan fingerprint density at radius 2 is 2.09 bits per heavy atom. The molecule has 2 atom stereocenters. The minimum absolute atomic E-state index is 0.0279. The standard InChI is InChI=1S/C20H16F2N8O3/c21-20(22)10-29(9-15(20)33-16-5-11(7-23)1-2-24-16)14-6-13(28-30-4-3-25-17(14)30)12-8-26-19(32)27-18(12)31/h1-6,12,15H,8-10H2,(H2,26,27,31,32)/t12?,15-/m0/s1. The van der Waals surface area contributed by atoms with E-state index in [2.05, 4.69) is 25.7 Å². The molecule has 1 unspecified atom stereocenters. The summed E-state index contributed by atoms with van der Waals surface area (Å²) >= 11 is 0. The van der Waals surface area contributed by atoms with E-state index in [1.165, 1.54) is 40.0 Å². The Morgan fingerprint density at radius 3 is 2.88 bits per heavy atom. The van der Waals surface area contributed by atoms with Crippen LogP contribution in [0.2, 0.25) is 0 Å². The third-order valence-electron chi connectivity index (χ3n) is 5.46. The summed E-state index contributed by atoms with van der Waals surface area (Å²) in [6.07, 6.45) is 2.80. The lowest BCUT2D eigenvalue weighted by Gasteiger charge is -2.24. The van der Waals surface area contributed by atoms with Crippen LogP contribution in [0.5, 0.6) is 5.88 Å². The highest BCUT2D eigenvalue weighted by Crippen LogP contribution is 2.36. The average Bonchev–Trinajstić information content (AvgIpc) is 3.37. The van der Waals surface area contributed by atoms with Gasteiger partial charge in [0.05, 0.1) is 42.0 Å². The Labute approximate surface area is 185 Å². The number of imide groups is 1. The van der Waals surface area contributed by atoms with Crippen LogP contribution in [-0.2, 0) is 4.79 Å². The minimum Gasteiger partial charge on any atom is -0.466 e. The van der Waals surface area contributed by atoms with Crippen molar-refractivity contribution in [3.63, 3.8) is 0 Å². The van der Waals surface area contributed by atoms with Crippen molar-refractivity contribution in [3.8, 4) is 11.9 Å². The summed E-state index contributed by atoms with van der Waals surface area (Å²) in [5.41, 5.74) is 1.22. The maximum atomic E-state index is 14.9. The van der Waals surface area contributed by atoms with Gasteiger partial charge in [-0.05, 0) is 12.1 Å². The van der Waals surface area contributed by atoms with Gasteiger partial charge >= 0.3 is 12.0 Å². The van der Waals surface area contributed by atoms with Gasteiger partial charge in [-0.3, -0.25) is 10.1 Å². The number of hydrogen-bond acceptors (Lipinski definition) is 8. The second kappa shape index (κ2) is 7.66. The van der Waals surface area contributed by atoms with Crippen molar-refractivity contribution in [2.75, 3.05) is 24.5 Å². The number of ether oxygens (including phenoxy) is 1. The van der Waals surface area contributed by atoms with E-state index in [4.69, 9.17) is 10.00 Å². The van der Waals surface area contributed by atoms with Crippen LogP contribution in [0, 0.1) is 11.3 Å². The Morgan fingerprint density at radius 1 is 1.24 bits per heavy atom. The van der Waals surface area contributed by atoms with Crippen LogP contribution in [0.15, 0.2) is 36.8 Å². The number of aromatic nitrogens is 4. The molecular weight excluding hydrogens is 438 g/mol. The van der Waals surface area contributed by atoms with Crippen molar-refractivity contribution >= 4 is 23.3 Å². The first-order chi connectivity index (χ1) is 15.8. The number of imidazole rings is 1. The maximum Gasteiger partial charge on any atom is 0.321 e. The molecule has 0 aromatic carbocycles. The highest BCUT2D eigenvalue weighted by Gasteiger charge is 2.51. The van der Waals surface area contributed by atoms with E-state index in [-0.39, 0.29) is 24.5 Å². The van der Waals surface area contributed by atoms with Crippen molar-refractivity contribution in [1.82, 2.24) is 30.2 Å². The number of fused-ring (bicyclic) bond motifs is 1. The smallest absolute Gasteiger partial charge is 0.321 e. The maximum absolute atomic E-state index is 14.9. The summed E-state index contributed by atoms with van der Waals surface area (Å²) in [4.78, 5) is 33.2. The van der Waals surface area contributed by atoms with Crippen LogP contribution < -0.4 is 20.3 Å². The molecular formula is C20H16F2N8O3. The monoisotopic (exact) mass is 454 g/mol. The summed E-state index contributed by atoms with van der Waals surface area (Å²) in [6.45, 7) is -0.819. The number of alkyl halides is 2. The zero-order chi connectivity index (χ0) is 23.2. The molecule has 5 heterocycles. The topological polar surface area (TPSA) is 138 Å². The number of urea groups is 1. The summed E-state index contributed by atoms with van der Waals surface area (Å²) in [5.74, 6) is -4.63. The van der Waals surface area contributed by atoms with Crippen molar-refractivity contribution in [1.29, 1.82) is 5.26 Å². The number of nitrogens with one attached hydrogen (secondary N) is 2. The molecule has 0 radical (unpaired) electrons. The number of halogens is 2. The number of rotatable bonds is 4. The lowest BCUT2D eigenvalue weighted by atomic mass is 10.0. The first-order valence-corrected chi connectivity index (χ1v) is 9.92. The van der Waals surface area contributed by atoms with E-state index in [1.807, 2.05) is 6.07 Å². The largest absolute Gasteiger partial charge is 0.466 e. The molecule has 0 saturated carbocycles. The first-order valence-electron chi connectivity index (χ1n) is 9.92. The van der Waals surface area contributed by atoms with Gasteiger partial charge in [0.2, 0.25) is 11.8 Å². The molecule has 0 spiro atoms. The van der Waals surface area contributed by atoms with E-state index in [0.29, 0.717) is 17.0 Å². The fourth-order valence-electron chi connectivity index (χ4n) is 3.84. The summed E-state index contributed by atoms with van der Waals surface area (Å²) in [7, 11) is 0. The fourth-order valence-corrected chi connectivity index (χ4v) is 3.84. The van der Waals surface area contributed by atoms with Crippen molar-refractivity contribution in [2.24, 2.45) is 0 Å². The second-order valence-corrected chi connectivity index (χ2v) is 7.64. The molecule has 3 aromatic heterocycles. The molecule has 0 bridgehead atoms. The molecule has 13 heteroatoms. The first kappa shape index (κ1) is 20.6. The highest BCUT2D eigenvalue weighted by molar-refractivity contribution is 6.00. The molecule has 3 aromatic rings. The molecule has 5 rings (SSSR count). The van der Waals surface area contributed by atoms with Gasteiger partial charge in [-0.15, -0.1) is 0 Å².